The van der Waals surface area contributed by atoms with Gasteiger partial charge in [-0.15, -0.1) is 0 Å². The third-order valence-electron chi connectivity index (χ3n) is 2.99. The van der Waals surface area contributed by atoms with Crippen LogP contribution < -0.4 is 20.1 Å². The fourth-order valence-electron chi connectivity index (χ4n) is 1.99. The van der Waals surface area contributed by atoms with Crippen molar-refractivity contribution in [1.82, 2.24) is 5.32 Å². The number of amides is 1. The number of halogens is 2. The van der Waals surface area contributed by atoms with Crippen molar-refractivity contribution in [3.05, 3.63) is 54.1 Å². The molecule has 25 heavy (non-hydrogen) atoms. The summed E-state index contributed by atoms with van der Waals surface area (Å²) in [6.45, 7) is -0.649. The molecule has 0 atom stereocenters. The predicted molar refractivity (Wildman–Crippen MR) is 94.4 cm³/mol. The molecular weight excluding hydrogens is 350 g/mol. The van der Waals surface area contributed by atoms with Crippen molar-refractivity contribution in [2.75, 3.05) is 11.9 Å². The second-order valence-corrected chi connectivity index (χ2v) is 5.15. The van der Waals surface area contributed by atoms with Gasteiger partial charge < -0.3 is 14.8 Å². The largest absolute Gasteiger partial charge is 0.494 e. The van der Waals surface area contributed by atoms with E-state index in [0.29, 0.717) is 17.9 Å². The van der Waals surface area contributed by atoms with Crippen molar-refractivity contribution in [3.8, 4) is 11.5 Å². The number of ether oxygens (including phenoxy) is 2. The van der Waals surface area contributed by atoms with E-state index < -0.39 is 12.5 Å². The summed E-state index contributed by atoms with van der Waals surface area (Å²) < 4.78 is 34.5. The third-order valence-corrected chi connectivity index (χ3v) is 3.19. The van der Waals surface area contributed by atoms with E-state index in [1.807, 2.05) is 6.92 Å². The minimum Gasteiger partial charge on any atom is -0.494 e. The van der Waals surface area contributed by atoms with Crippen LogP contribution in [-0.2, 0) is 0 Å². The molecule has 2 aromatic carbocycles. The highest BCUT2D eigenvalue weighted by atomic mass is 32.1. The molecular formula is C17H16F2N2O3S. The molecule has 0 radical (unpaired) electrons. The van der Waals surface area contributed by atoms with Crippen molar-refractivity contribution < 1.29 is 23.0 Å². The summed E-state index contributed by atoms with van der Waals surface area (Å²) in [4.78, 5) is 12.2. The maximum absolute atomic E-state index is 12.4. The van der Waals surface area contributed by atoms with Gasteiger partial charge in [0.05, 0.1) is 12.3 Å². The number of alkyl halides is 2. The first kappa shape index (κ1) is 18.6. The van der Waals surface area contributed by atoms with Crippen LogP contribution in [0, 0.1) is 0 Å². The second kappa shape index (κ2) is 8.93. The first-order valence-corrected chi connectivity index (χ1v) is 7.79. The van der Waals surface area contributed by atoms with Gasteiger partial charge in [-0.2, -0.15) is 8.78 Å². The monoisotopic (exact) mass is 366 g/mol. The van der Waals surface area contributed by atoms with Crippen molar-refractivity contribution >= 4 is 28.9 Å². The molecule has 0 bridgehead atoms. The Bertz CT molecular complexity index is 756. The number of nitrogens with one attached hydrogen (secondary N) is 2. The lowest BCUT2D eigenvalue weighted by Crippen LogP contribution is -2.34. The van der Waals surface area contributed by atoms with E-state index in [4.69, 9.17) is 17.0 Å². The van der Waals surface area contributed by atoms with Crippen LogP contribution in [0.5, 0.6) is 11.5 Å². The number of anilines is 1. The summed E-state index contributed by atoms with van der Waals surface area (Å²) in [7, 11) is 0. The smallest absolute Gasteiger partial charge is 0.387 e. The van der Waals surface area contributed by atoms with Gasteiger partial charge in [0.15, 0.2) is 5.11 Å². The van der Waals surface area contributed by atoms with Gasteiger partial charge in [0, 0.05) is 5.56 Å². The van der Waals surface area contributed by atoms with Gasteiger partial charge in [-0.05, 0) is 49.5 Å². The summed E-state index contributed by atoms with van der Waals surface area (Å²) in [6, 6.07) is 12.6. The lowest BCUT2D eigenvalue weighted by molar-refractivity contribution is -0.0493. The van der Waals surface area contributed by atoms with Gasteiger partial charge in [0.25, 0.3) is 5.91 Å². The number of carbonyl (C=O) groups excluding carboxylic acids is 1. The Morgan fingerprint density at radius 2 is 1.96 bits per heavy atom. The summed E-state index contributed by atoms with van der Waals surface area (Å²) in [5, 5.41) is 5.10. The number of carbonyl (C=O) groups is 1. The van der Waals surface area contributed by atoms with Crippen LogP contribution in [0.2, 0.25) is 0 Å². The van der Waals surface area contributed by atoms with Gasteiger partial charge in [0.1, 0.15) is 11.5 Å². The van der Waals surface area contributed by atoms with E-state index in [9.17, 15) is 13.6 Å². The van der Waals surface area contributed by atoms with Gasteiger partial charge >= 0.3 is 6.61 Å². The molecule has 0 saturated carbocycles. The van der Waals surface area contributed by atoms with Crippen molar-refractivity contribution in [2.24, 2.45) is 0 Å². The van der Waals surface area contributed by atoms with E-state index in [1.54, 1.807) is 36.4 Å². The molecule has 0 aromatic heterocycles. The van der Waals surface area contributed by atoms with Crippen LogP contribution in [-0.4, -0.2) is 24.2 Å². The molecule has 132 valence electrons. The highest BCUT2D eigenvalue weighted by Gasteiger charge is 2.12. The Morgan fingerprint density at radius 1 is 1.20 bits per heavy atom. The van der Waals surface area contributed by atoms with Crippen molar-refractivity contribution in [1.29, 1.82) is 0 Å². The zero-order valence-corrected chi connectivity index (χ0v) is 14.1. The second-order valence-electron chi connectivity index (χ2n) is 4.74. The molecule has 0 fully saturated rings. The number of hydrogen-bond acceptors (Lipinski definition) is 4. The quantitative estimate of drug-likeness (QED) is 0.762. The maximum atomic E-state index is 12.4. The number of benzene rings is 2. The minimum atomic E-state index is -2.97. The zero-order chi connectivity index (χ0) is 18.2. The van der Waals surface area contributed by atoms with E-state index in [2.05, 4.69) is 15.4 Å². The van der Waals surface area contributed by atoms with E-state index >= 15 is 0 Å². The number of para-hydroxylation sites is 2. The highest BCUT2D eigenvalue weighted by Crippen LogP contribution is 2.25. The molecule has 5 nitrogen and oxygen atoms in total. The first-order chi connectivity index (χ1) is 12.0. The fraction of sp³-hybridized carbons (Fsp3) is 0.176. The van der Waals surface area contributed by atoms with Gasteiger partial charge in [-0.25, -0.2) is 0 Å². The standard InChI is InChI=1S/C17H16F2N2O3S/c1-2-23-12-7-5-6-11(10-12)15(22)21-17(25)20-13-8-3-4-9-14(13)24-16(18)19/h3-10,16H,2H2,1H3,(H2,20,21,22,25). The number of hydrogen-bond donors (Lipinski definition) is 2. The molecule has 0 heterocycles. The molecule has 8 heteroatoms. The molecule has 0 spiro atoms. The normalized spacial score (nSPS) is 10.2. The molecule has 0 aliphatic carbocycles. The number of rotatable bonds is 6. The SMILES string of the molecule is CCOc1cccc(C(=O)NC(=S)Nc2ccccc2OC(F)F)c1. The topological polar surface area (TPSA) is 59.6 Å². The Labute approximate surface area is 148 Å². The fourth-order valence-corrected chi connectivity index (χ4v) is 2.19. The van der Waals surface area contributed by atoms with E-state index in [1.165, 1.54) is 12.1 Å². The molecule has 1 amide bonds. The highest BCUT2D eigenvalue weighted by molar-refractivity contribution is 7.80. The number of thiocarbonyl (C=S) groups is 1. The van der Waals surface area contributed by atoms with Crippen LogP contribution in [0.25, 0.3) is 0 Å². The van der Waals surface area contributed by atoms with Crippen LogP contribution in [0.1, 0.15) is 17.3 Å². The van der Waals surface area contributed by atoms with Crippen LogP contribution in [0.4, 0.5) is 14.5 Å². The summed E-state index contributed by atoms with van der Waals surface area (Å²) in [6.07, 6.45) is 0. The maximum Gasteiger partial charge on any atom is 0.387 e. The van der Waals surface area contributed by atoms with Crippen molar-refractivity contribution in [3.63, 3.8) is 0 Å². The Morgan fingerprint density at radius 3 is 2.68 bits per heavy atom. The molecule has 2 N–H and O–H groups in total. The zero-order valence-electron chi connectivity index (χ0n) is 13.3. The van der Waals surface area contributed by atoms with Gasteiger partial charge in [-0.3, -0.25) is 10.1 Å². The molecule has 2 aromatic rings. The predicted octanol–water partition coefficient (Wildman–Crippen LogP) is 3.81. The van der Waals surface area contributed by atoms with E-state index in [0.717, 1.165) is 0 Å². The molecule has 2 rings (SSSR count). The van der Waals surface area contributed by atoms with Gasteiger partial charge in [0.2, 0.25) is 0 Å². The Hall–Kier alpha value is -2.74. The molecule has 0 aliphatic rings. The first-order valence-electron chi connectivity index (χ1n) is 7.38. The average molecular weight is 366 g/mol. The van der Waals surface area contributed by atoms with Crippen molar-refractivity contribution in [2.45, 2.75) is 13.5 Å². The van der Waals surface area contributed by atoms with E-state index in [-0.39, 0.29) is 16.5 Å². The molecule has 0 saturated heterocycles. The molecule has 0 aliphatic heterocycles. The van der Waals surface area contributed by atoms with Gasteiger partial charge in [-0.1, -0.05) is 18.2 Å². The van der Waals surface area contributed by atoms with Crippen LogP contribution >= 0.6 is 12.2 Å². The minimum absolute atomic E-state index is 0.0443. The molecule has 0 unspecified atom stereocenters. The summed E-state index contributed by atoms with van der Waals surface area (Å²) in [5.74, 6) is 0.0310. The summed E-state index contributed by atoms with van der Waals surface area (Å²) >= 11 is 5.05. The lowest BCUT2D eigenvalue weighted by atomic mass is 10.2. The van der Waals surface area contributed by atoms with Crippen LogP contribution in [0.3, 0.4) is 0 Å². The third kappa shape index (κ3) is 5.68. The summed E-state index contributed by atoms with van der Waals surface area (Å²) in [5.41, 5.74) is 0.573. The Kier molecular flexibility index (Phi) is 6.64. The van der Waals surface area contributed by atoms with Crippen LogP contribution in [0.15, 0.2) is 48.5 Å². The average Bonchev–Trinajstić information content (AvgIpc) is 2.56. The Balaban J connectivity index is 2.03. The lowest BCUT2D eigenvalue weighted by Gasteiger charge is -2.14.